The van der Waals surface area contributed by atoms with Crippen LogP contribution < -0.4 is 0 Å². The fourth-order valence-electron chi connectivity index (χ4n) is 0.647. The van der Waals surface area contributed by atoms with Gasteiger partial charge < -0.3 is 4.52 Å². The van der Waals surface area contributed by atoms with E-state index in [0.29, 0.717) is 0 Å². The molecule has 0 amide bonds. The van der Waals surface area contributed by atoms with Crippen molar-refractivity contribution in [3.05, 3.63) is 28.5 Å². The summed E-state index contributed by atoms with van der Waals surface area (Å²) in [7, 11) is 0. The Morgan fingerprint density at radius 1 is 1.80 bits per heavy atom. The van der Waals surface area contributed by atoms with E-state index in [2.05, 4.69) is 16.6 Å². The number of hydrogen-bond donors (Lipinski definition) is 0. The molecule has 5 heteroatoms. The fourth-order valence-corrected chi connectivity index (χ4v) is 0.647. The molecule has 0 fully saturated rings. The summed E-state index contributed by atoms with van der Waals surface area (Å²) >= 11 is 0. The average molecular weight is 141 g/mol. The van der Waals surface area contributed by atoms with Crippen LogP contribution in [-0.4, -0.2) is 10.1 Å². The van der Waals surface area contributed by atoms with Crippen molar-refractivity contribution in [2.24, 2.45) is 0 Å². The summed E-state index contributed by atoms with van der Waals surface area (Å²) in [5, 5.41) is 13.5. The molecule has 0 saturated carbocycles. The zero-order valence-corrected chi connectivity index (χ0v) is 5.33. The maximum absolute atomic E-state index is 10.2. The van der Waals surface area contributed by atoms with Crippen molar-refractivity contribution in [2.75, 3.05) is 0 Å². The Labute approximate surface area is 56.8 Å². The molecular weight excluding hydrogens is 136 g/mol. The van der Waals surface area contributed by atoms with Gasteiger partial charge in [-0.15, -0.1) is 0 Å². The monoisotopic (exact) mass is 141 g/mol. The highest BCUT2D eigenvalue weighted by Gasteiger charge is 2.19. The van der Waals surface area contributed by atoms with Crippen molar-refractivity contribution in [2.45, 2.75) is 6.92 Å². The minimum absolute atomic E-state index is 0.0718. The van der Waals surface area contributed by atoms with E-state index in [1.807, 2.05) is 0 Å². The number of aromatic nitrogens is 1. The van der Waals surface area contributed by atoms with Crippen LogP contribution in [0.2, 0.25) is 0 Å². The molecule has 53 valence electrons. The highest BCUT2D eigenvalue weighted by atomic mass is 16.6. The average Bonchev–Trinajstić information content (AvgIpc) is 2.11. The smallest absolute Gasteiger partial charge is 0.334 e. The maximum Gasteiger partial charge on any atom is 0.334 e. The van der Waals surface area contributed by atoms with Crippen molar-refractivity contribution in [3.8, 4) is 0 Å². The van der Waals surface area contributed by atoms with Crippen molar-refractivity contribution in [1.29, 1.82) is 0 Å². The number of nitro groups is 1. The Hall–Kier alpha value is -1.39. The standard InChI is InChI=1S/C5H5N2O3/c1-3-5(7(8)9)4(2)10-6-3/h1H2,2H3. The third-order valence-corrected chi connectivity index (χ3v) is 1.08. The van der Waals surface area contributed by atoms with Gasteiger partial charge in [0.05, 0.1) is 4.92 Å². The van der Waals surface area contributed by atoms with E-state index in [0.717, 1.165) is 0 Å². The third kappa shape index (κ3) is 0.854. The van der Waals surface area contributed by atoms with Crippen LogP contribution in [0, 0.1) is 24.0 Å². The molecule has 0 atom stereocenters. The molecule has 0 aliphatic rings. The molecular formula is C5H5N2O3. The van der Waals surface area contributed by atoms with E-state index in [1.54, 1.807) is 0 Å². The highest BCUT2D eigenvalue weighted by Crippen LogP contribution is 2.20. The van der Waals surface area contributed by atoms with Crippen LogP contribution in [0.1, 0.15) is 11.5 Å². The van der Waals surface area contributed by atoms with Crippen LogP contribution in [0.15, 0.2) is 4.52 Å². The van der Waals surface area contributed by atoms with Gasteiger partial charge in [0.2, 0.25) is 5.76 Å². The summed E-state index contributed by atoms with van der Waals surface area (Å²) < 4.78 is 4.50. The minimum atomic E-state index is -0.561. The molecule has 0 aromatic carbocycles. The highest BCUT2D eigenvalue weighted by molar-refractivity contribution is 5.38. The van der Waals surface area contributed by atoms with Crippen LogP contribution in [0.4, 0.5) is 5.69 Å². The lowest BCUT2D eigenvalue weighted by Crippen LogP contribution is -1.89. The maximum atomic E-state index is 10.2. The first-order valence-corrected chi connectivity index (χ1v) is 2.55. The molecule has 1 heterocycles. The summed E-state index contributed by atoms with van der Waals surface area (Å²) in [5.74, 6) is 0.190. The van der Waals surface area contributed by atoms with E-state index >= 15 is 0 Å². The molecule has 1 aromatic heterocycles. The molecule has 1 rings (SSSR count). The SMILES string of the molecule is [CH2]c1noc(C)c1[N+](=O)[O-]. The second-order valence-electron chi connectivity index (χ2n) is 1.79. The molecule has 0 bridgehead atoms. The first-order chi connectivity index (χ1) is 4.63. The zero-order chi connectivity index (χ0) is 7.72. The lowest BCUT2D eigenvalue weighted by Gasteiger charge is -1.83. The molecule has 0 saturated heterocycles. The van der Waals surface area contributed by atoms with Crippen molar-refractivity contribution < 1.29 is 9.45 Å². The Kier molecular flexibility index (Phi) is 1.41. The van der Waals surface area contributed by atoms with Crippen LogP contribution in [0.5, 0.6) is 0 Å². The predicted molar refractivity (Wildman–Crippen MR) is 32.4 cm³/mol. The summed E-state index contributed by atoms with van der Waals surface area (Å²) in [5.41, 5.74) is -0.0671. The Morgan fingerprint density at radius 3 is 2.60 bits per heavy atom. The second kappa shape index (κ2) is 2.09. The molecule has 0 N–H and O–H groups in total. The van der Waals surface area contributed by atoms with Gasteiger partial charge in [-0.3, -0.25) is 10.1 Å². The number of aryl methyl sites for hydroxylation is 1. The van der Waals surface area contributed by atoms with Gasteiger partial charge in [-0.1, -0.05) is 5.16 Å². The number of nitrogens with zero attached hydrogens (tertiary/aromatic N) is 2. The molecule has 0 spiro atoms. The summed E-state index contributed by atoms with van der Waals surface area (Å²) in [4.78, 5) is 9.61. The topological polar surface area (TPSA) is 69.2 Å². The molecule has 0 unspecified atom stereocenters. The van der Waals surface area contributed by atoms with Crippen LogP contribution in [0.3, 0.4) is 0 Å². The van der Waals surface area contributed by atoms with Gasteiger partial charge in [0, 0.05) is 13.8 Å². The van der Waals surface area contributed by atoms with E-state index < -0.39 is 4.92 Å². The first kappa shape index (κ1) is 6.73. The van der Waals surface area contributed by atoms with Crippen LogP contribution >= 0.6 is 0 Å². The van der Waals surface area contributed by atoms with Crippen LogP contribution in [0.25, 0.3) is 0 Å². The summed E-state index contributed by atoms with van der Waals surface area (Å²) in [6.07, 6.45) is 0. The Morgan fingerprint density at radius 2 is 2.40 bits per heavy atom. The van der Waals surface area contributed by atoms with Gasteiger partial charge >= 0.3 is 5.69 Å². The van der Waals surface area contributed by atoms with Gasteiger partial charge in [0.15, 0.2) is 5.69 Å². The molecule has 10 heavy (non-hydrogen) atoms. The van der Waals surface area contributed by atoms with Gasteiger partial charge in [0.1, 0.15) is 0 Å². The largest absolute Gasteiger partial charge is 0.354 e. The van der Waals surface area contributed by atoms with Crippen molar-refractivity contribution in [3.63, 3.8) is 0 Å². The predicted octanol–water partition coefficient (Wildman–Crippen LogP) is 1.07. The lowest BCUT2D eigenvalue weighted by atomic mass is 10.3. The molecule has 1 aromatic rings. The summed E-state index contributed by atoms with van der Waals surface area (Å²) in [6.45, 7) is 4.79. The zero-order valence-electron chi connectivity index (χ0n) is 5.33. The van der Waals surface area contributed by atoms with E-state index in [9.17, 15) is 10.1 Å². The molecule has 0 aliphatic carbocycles. The van der Waals surface area contributed by atoms with E-state index in [1.165, 1.54) is 6.92 Å². The van der Waals surface area contributed by atoms with Gasteiger partial charge in [0.25, 0.3) is 0 Å². The van der Waals surface area contributed by atoms with Crippen molar-refractivity contribution in [1.82, 2.24) is 5.16 Å². The second-order valence-corrected chi connectivity index (χ2v) is 1.79. The third-order valence-electron chi connectivity index (χ3n) is 1.08. The Bertz CT molecular complexity index is 246. The molecule has 0 aliphatic heterocycles. The quantitative estimate of drug-likeness (QED) is 0.433. The number of rotatable bonds is 1. The van der Waals surface area contributed by atoms with Gasteiger partial charge in [-0.2, -0.15) is 0 Å². The normalized spacial score (nSPS) is 9.80. The lowest BCUT2D eigenvalue weighted by molar-refractivity contribution is -0.386. The van der Waals surface area contributed by atoms with Crippen molar-refractivity contribution >= 4 is 5.69 Å². The van der Waals surface area contributed by atoms with Gasteiger partial charge in [-0.05, 0) is 0 Å². The summed E-state index contributed by atoms with van der Waals surface area (Å²) in [6, 6.07) is 0. The Balaban J connectivity index is 3.23. The van der Waals surface area contributed by atoms with Crippen LogP contribution in [-0.2, 0) is 0 Å². The molecule has 1 radical (unpaired) electrons. The first-order valence-electron chi connectivity index (χ1n) is 2.55. The van der Waals surface area contributed by atoms with E-state index in [-0.39, 0.29) is 17.1 Å². The minimum Gasteiger partial charge on any atom is -0.354 e. The number of hydrogen-bond acceptors (Lipinski definition) is 4. The molecule has 5 nitrogen and oxygen atoms in total. The van der Waals surface area contributed by atoms with E-state index in [4.69, 9.17) is 0 Å². The van der Waals surface area contributed by atoms with Gasteiger partial charge in [-0.25, -0.2) is 0 Å². The fraction of sp³-hybridized carbons (Fsp3) is 0.200.